The molecule has 2 saturated heterocycles. The van der Waals surface area contributed by atoms with Crippen LogP contribution < -0.4 is 5.43 Å². The van der Waals surface area contributed by atoms with Gasteiger partial charge in [0.05, 0.1) is 19.6 Å². The molecule has 6 nitrogen and oxygen atoms in total. The summed E-state index contributed by atoms with van der Waals surface area (Å²) in [6, 6.07) is -0.384. The Morgan fingerprint density at radius 1 is 1.38 bits per heavy atom. The maximum absolute atomic E-state index is 11.8. The van der Waals surface area contributed by atoms with E-state index in [-0.39, 0.29) is 24.3 Å². The van der Waals surface area contributed by atoms with Crippen molar-refractivity contribution in [2.24, 2.45) is 0 Å². The fraction of sp³-hybridized carbons (Fsp3) is 0.800. The first-order valence-electron chi connectivity index (χ1n) is 5.65. The van der Waals surface area contributed by atoms with E-state index >= 15 is 0 Å². The van der Waals surface area contributed by atoms with Gasteiger partial charge in [-0.2, -0.15) is 0 Å². The molecule has 6 heteroatoms. The fourth-order valence-electron chi connectivity index (χ4n) is 2.03. The number of carbonyl (C=O) groups excluding carboxylic acids is 2. The molecule has 0 aromatic carbocycles. The summed E-state index contributed by atoms with van der Waals surface area (Å²) < 4.78 is 5.21. The highest BCUT2D eigenvalue weighted by Gasteiger charge is 2.38. The molecule has 2 amide bonds. The summed E-state index contributed by atoms with van der Waals surface area (Å²) in [7, 11) is 0. The van der Waals surface area contributed by atoms with Gasteiger partial charge in [-0.05, 0) is 6.92 Å². The first-order valence-corrected chi connectivity index (χ1v) is 5.65. The summed E-state index contributed by atoms with van der Waals surface area (Å²) in [5.74, 6) is -0.197. The van der Waals surface area contributed by atoms with E-state index in [0.29, 0.717) is 19.8 Å². The molecule has 0 aromatic heterocycles. The molecule has 2 aliphatic rings. The molecular formula is C10H17N3O3. The standard InChI is InChI=1S/C10H17N3O3/c1-2-13-9(14)7-8(10(13)15)11-12-3-5-16-6-4-12/h8,11H,2-7H2,1H3. The van der Waals surface area contributed by atoms with Crippen molar-refractivity contribution in [2.45, 2.75) is 19.4 Å². The Bertz CT molecular complexity index is 289. The van der Waals surface area contributed by atoms with Crippen LogP contribution in [-0.2, 0) is 14.3 Å². The summed E-state index contributed by atoms with van der Waals surface area (Å²) in [5, 5.41) is 1.96. The summed E-state index contributed by atoms with van der Waals surface area (Å²) in [6.07, 6.45) is 0.268. The van der Waals surface area contributed by atoms with E-state index in [4.69, 9.17) is 4.74 Å². The molecule has 1 atom stereocenters. The van der Waals surface area contributed by atoms with Crippen LogP contribution in [0.5, 0.6) is 0 Å². The number of carbonyl (C=O) groups is 2. The minimum atomic E-state index is -0.384. The van der Waals surface area contributed by atoms with Crippen molar-refractivity contribution in [3.05, 3.63) is 0 Å². The van der Waals surface area contributed by atoms with Crippen LogP contribution in [0.2, 0.25) is 0 Å². The normalized spacial score (nSPS) is 27.8. The van der Waals surface area contributed by atoms with Crippen molar-refractivity contribution in [2.75, 3.05) is 32.8 Å². The molecule has 0 bridgehead atoms. The summed E-state index contributed by atoms with van der Waals surface area (Å²) in [6.45, 7) is 5.11. The van der Waals surface area contributed by atoms with Crippen LogP contribution in [0.4, 0.5) is 0 Å². The molecule has 2 heterocycles. The smallest absolute Gasteiger partial charge is 0.248 e. The van der Waals surface area contributed by atoms with E-state index < -0.39 is 0 Å². The average Bonchev–Trinajstić information content (AvgIpc) is 2.55. The van der Waals surface area contributed by atoms with Gasteiger partial charge in [0.2, 0.25) is 11.8 Å². The van der Waals surface area contributed by atoms with Crippen molar-refractivity contribution in [3.63, 3.8) is 0 Å². The maximum Gasteiger partial charge on any atom is 0.248 e. The van der Waals surface area contributed by atoms with E-state index in [2.05, 4.69) is 5.43 Å². The zero-order valence-corrected chi connectivity index (χ0v) is 9.44. The van der Waals surface area contributed by atoms with E-state index in [1.54, 1.807) is 0 Å². The lowest BCUT2D eigenvalue weighted by atomic mass is 10.2. The van der Waals surface area contributed by atoms with Crippen molar-refractivity contribution >= 4 is 11.8 Å². The van der Waals surface area contributed by atoms with E-state index in [1.165, 1.54) is 4.90 Å². The number of nitrogens with one attached hydrogen (secondary N) is 1. The van der Waals surface area contributed by atoms with Crippen LogP contribution in [0.25, 0.3) is 0 Å². The number of imide groups is 1. The number of hydrogen-bond acceptors (Lipinski definition) is 5. The minimum Gasteiger partial charge on any atom is -0.379 e. The number of morpholine rings is 1. The molecule has 1 N–H and O–H groups in total. The predicted octanol–water partition coefficient (Wildman–Crippen LogP) is -1.03. The van der Waals surface area contributed by atoms with Crippen molar-refractivity contribution < 1.29 is 14.3 Å². The van der Waals surface area contributed by atoms with Crippen molar-refractivity contribution in [3.8, 4) is 0 Å². The highest BCUT2D eigenvalue weighted by molar-refractivity contribution is 6.05. The second-order valence-electron chi connectivity index (χ2n) is 3.96. The number of ether oxygens (including phenoxy) is 1. The van der Waals surface area contributed by atoms with Crippen LogP contribution in [-0.4, -0.2) is 60.6 Å². The van der Waals surface area contributed by atoms with E-state index in [9.17, 15) is 9.59 Å². The lowest BCUT2D eigenvalue weighted by Gasteiger charge is -2.29. The van der Waals surface area contributed by atoms with Gasteiger partial charge in [-0.15, -0.1) is 0 Å². The van der Waals surface area contributed by atoms with Gasteiger partial charge in [-0.1, -0.05) is 0 Å². The van der Waals surface area contributed by atoms with Gasteiger partial charge in [0.25, 0.3) is 0 Å². The molecule has 0 saturated carbocycles. The minimum absolute atomic E-state index is 0.0849. The van der Waals surface area contributed by atoms with Gasteiger partial charge in [-0.3, -0.25) is 14.5 Å². The van der Waals surface area contributed by atoms with Crippen LogP contribution >= 0.6 is 0 Å². The average molecular weight is 227 g/mol. The number of hydrogen-bond donors (Lipinski definition) is 1. The van der Waals surface area contributed by atoms with Gasteiger partial charge in [0.1, 0.15) is 6.04 Å². The quantitative estimate of drug-likeness (QED) is 0.625. The molecule has 0 aliphatic carbocycles. The topological polar surface area (TPSA) is 61.9 Å². The van der Waals surface area contributed by atoms with Gasteiger partial charge < -0.3 is 4.74 Å². The molecule has 0 spiro atoms. The Kier molecular flexibility index (Phi) is 3.52. The Hall–Kier alpha value is -0.980. The Labute approximate surface area is 94.5 Å². The van der Waals surface area contributed by atoms with Crippen LogP contribution in [0, 0.1) is 0 Å². The number of likely N-dealkylation sites (N-methyl/N-ethyl adjacent to an activating group) is 1. The van der Waals surface area contributed by atoms with Crippen LogP contribution in [0.1, 0.15) is 13.3 Å². The number of rotatable bonds is 3. The molecule has 2 aliphatic heterocycles. The Morgan fingerprint density at radius 3 is 2.62 bits per heavy atom. The zero-order valence-electron chi connectivity index (χ0n) is 9.44. The molecule has 2 fully saturated rings. The van der Waals surface area contributed by atoms with E-state index in [1.807, 2.05) is 11.9 Å². The SMILES string of the molecule is CCN1C(=O)CC(NN2CCOCC2)C1=O. The predicted molar refractivity (Wildman–Crippen MR) is 56.3 cm³/mol. The fourth-order valence-corrected chi connectivity index (χ4v) is 2.03. The molecule has 16 heavy (non-hydrogen) atoms. The number of amides is 2. The third kappa shape index (κ3) is 2.23. The van der Waals surface area contributed by atoms with Crippen LogP contribution in [0.3, 0.4) is 0 Å². The van der Waals surface area contributed by atoms with Crippen molar-refractivity contribution in [1.82, 2.24) is 15.3 Å². The summed E-state index contributed by atoms with van der Waals surface area (Å²) in [5.41, 5.74) is 3.10. The second-order valence-corrected chi connectivity index (χ2v) is 3.96. The number of nitrogens with zero attached hydrogens (tertiary/aromatic N) is 2. The van der Waals surface area contributed by atoms with E-state index in [0.717, 1.165) is 13.1 Å². The summed E-state index contributed by atoms with van der Waals surface area (Å²) in [4.78, 5) is 24.6. The monoisotopic (exact) mass is 227 g/mol. The van der Waals surface area contributed by atoms with Gasteiger partial charge in [0, 0.05) is 19.6 Å². The lowest BCUT2D eigenvalue weighted by molar-refractivity contribution is -0.139. The van der Waals surface area contributed by atoms with Gasteiger partial charge >= 0.3 is 0 Å². The highest BCUT2D eigenvalue weighted by atomic mass is 16.5. The largest absolute Gasteiger partial charge is 0.379 e. The third-order valence-corrected chi connectivity index (χ3v) is 2.91. The zero-order chi connectivity index (χ0) is 11.5. The summed E-state index contributed by atoms with van der Waals surface area (Å²) >= 11 is 0. The second kappa shape index (κ2) is 4.90. The molecular weight excluding hydrogens is 210 g/mol. The highest BCUT2D eigenvalue weighted by Crippen LogP contribution is 2.13. The molecule has 90 valence electrons. The molecule has 0 aromatic rings. The third-order valence-electron chi connectivity index (χ3n) is 2.91. The maximum atomic E-state index is 11.8. The van der Waals surface area contributed by atoms with Gasteiger partial charge in [0.15, 0.2) is 0 Å². The molecule has 0 radical (unpaired) electrons. The molecule has 2 rings (SSSR count). The lowest BCUT2D eigenvalue weighted by Crippen LogP contribution is -2.52. The van der Waals surface area contributed by atoms with Gasteiger partial charge in [-0.25, -0.2) is 10.4 Å². The number of likely N-dealkylation sites (tertiary alicyclic amines) is 1. The van der Waals surface area contributed by atoms with Crippen molar-refractivity contribution in [1.29, 1.82) is 0 Å². The Balaban J connectivity index is 1.90. The van der Waals surface area contributed by atoms with Crippen LogP contribution in [0.15, 0.2) is 0 Å². The Morgan fingerprint density at radius 2 is 2.06 bits per heavy atom. The number of hydrazine groups is 1. The first kappa shape index (κ1) is 11.5. The first-order chi connectivity index (χ1) is 7.72. The molecule has 1 unspecified atom stereocenters.